The monoisotopic (exact) mass is 210 g/mol. The zero-order valence-corrected chi connectivity index (χ0v) is 7.35. The fourth-order valence-corrected chi connectivity index (χ4v) is 1.58. The highest BCUT2D eigenvalue weighted by Gasteiger charge is 2.01. The number of anilines is 1. The van der Waals surface area contributed by atoms with Crippen LogP contribution in [0.1, 0.15) is 0 Å². The molecule has 0 spiro atoms. The first-order valence-electron chi connectivity index (χ1n) is 3.30. The number of nitrogens with two attached hydrogens (primary N) is 1. The number of aromatic amines is 1. The van der Waals surface area contributed by atoms with Gasteiger partial charge in [-0.15, -0.1) is 0 Å². The van der Waals surface area contributed by atoms with Crippen molar-refractivity contribution in [3.8, 4) is 0 Å². The lowest BCUT2D eigenvalue weighted by atomic mass is 10.2. The number of hydrogen-bond donors (Lipinski definition) is 2. The second-order valence-electron chi connectivity index (χ2n) is 2.41. The minimum Gasteiger partial charge on any atom is -0.398 e. The Bertz CT molecular complexity index is 392. The Morgan fingerprint density at radius 1 is 1.27 bits per heavy atom. The van der Waals surface area contributed by atoms with Crippen LogP contribution in [-0.4, -0.2) is 4.98 Å². The Morgan fingerprint density at radius 2 is 2.09 bits per heavy atom. The molecule has 0 atom stereocenters. The molecule has 0 unspecified atom stereocenters. The van der Waals surface area contributed by atoms with Crippen LogP contribution in [0.2, 0.25) is 0 Å². The number of H-pyrrole nitrogens is 1. The summed E-state index contributed by atoms with van der Waals surface area (Å²) in [6.45, 7) is 0. The van der Waals surface area contributed by atoms with Crippen molar-refractivity contribution >= 4 is 32.5 Å². The van der Waals surface area contributed by atoms with Gasteiger partial charge in [-0.1, -0.05) is 6.07 Å². The second kappa shape index (κ2) is 2.27. The Balaban J connectivity index is 2.93. The standard InChI is InChI=1S/C8H7BrN2/c9-7-6(10)2-1-5-3-4-11-8(5)7/h1-4,11H,10H2. The predicted molar refractivity (Wildman–Crippen MR) is 50.4 cm³/mol. The summed E-state index contributed by atoms with van der Waals surface area (Å²) in [4.78, 5) is 3.10. The van der Waals surface area contributed by atoms with E-state index in [9.17, 15) is 0 Å². The molecule has 0 bridgehead atoms. The van der Waals surface area contributed by atoms with Crippen molar-refractivity contribution in [1.29, 1.82) is 0 Å². The quantitative estimate of drug-likeness (QED) is 0.646. The largest absolute Gasteiger partial charge is 0.398 e. The lowest BCUT2D eigenvalue weighted by molar-refractivity contribution is 1.47. The van der Waals surface area contributed by atoms with Gasteiger partial charge in [-0.05, 0) is 28.1 Å². The number of benzene rings is 1. The van der Waals surface area contributed by atoms with E-state index in [1.54, 1.807) is 0 Å². The third-order valence-electron chi connectivity index (χ3n) is 1.69. The molecule has 3 heteroatoms. The molecule has 11 heavy (non-hydrogen) atoms. The van der Waals surface area contributed by atoms with E-state index in [0.717, 1.165) is 15.7 Å². The van der Waals surface area contributed by atoms with E-state index in [2.05, 4.69) is 20.9 Å². The predicted octanol–water partition coefficient (Wildman–Crippen LogP) is 2.51. The van der Waals surface area contributed by atoms with Crippen molar-refractivity contribution in [2.45, 2.75) is 0 Å². The van der Waals surface area contributed by atoms with Gasteiger partial charge in [-0.2, -0.15) is 0 Å². The van der Waals surface area contributed by atoms with Crippen LogP contribution in [0.25, 0.3) is 10.9 Å². The highest BCUT2D eigenvalue weighted by atomic mass is 79.9. The summed E-state index contributed by atoms with van der Waals surface area (Å²) in [6, 6.07) is 5.89. The van der Waals surface area contributed by atoms with Gasteiger partial charge in [0.25, 0.3) is 0 Å². The van der Waals surface area contributed by atoms with Crippen LogP contribution < -0.4 is 5.73 Å². The molecule has 0 aliphatic heterocycles. The van der Waals surface area contributed by atoms with E-state index in [1.165, 1.54) is 5.39 Å². The van der Waals surface area contributed by atoms with Crippen LogP contribution in [-0.2, 0) is 0 Å². The van der Waals surface area contributed by atoms with Gasteiger partial charge in [0.1, 0.15) is 0 Å². The topological polar surface area (TPSA) is 41.8 Å². The molecule has 1 aromatic carbocycles. The first-order chi connectivity index (χ1) is 5.29. The molecule has 2 nitrogen and oxygen atoms in total. The summed E-state index contributed by atoms with van der Waals surface area (Å²) >= 11 is 3.40. The number of halogens is 1. The zero-order chi connectivity index (χ0) is 7.84. The van der Waals surface area contributed by atoms with Crippen LogP contribution in [0.5, 0.6) is 0 Å². The summed E-state index contributed by atoms with van der Waals surface area (Å²) in [7, 11) is 0. The Morgan fingerprint density at radius 3 is 2.91 bits per heavy atom. The highest BCUT2D eigenvalue weighted by Crippen LogP contribution is 2.27. The van der Waals surface area contributed by atoms with Gasteiger partial charge in [-0.3, -0.25) is 0 Å². The maximum absolute atomic E-state index is 5.68. The van der Waals surface area contributed by atoms with Gasteiger partial charge in [0.05, 0.1) is 9.99 Å². The van der Waals surface area contributed by atoms with Crippen molar-refractivity contribution < 1.29 is 0 Å². The molecule has 0 saturated heterocycles. The molecular formula is C8H7BrN2. The summed E-state index contributed by atoms with van der Waals surface area (Å²) in [5.41, 5.74) is 7.50. The van der Waals surface area contributed by atoms with E-state index in [0.29, 0.717) is 0 Å². The average molecular weight is 211 g/mol. The van der Waals surface area contributed by atoms with Gasteiger partial charge < -0.3 is 10.7 Å². The van der Waals surface area contributed by atoms with Crippen molar-refractivity contribution in [3.63, 3.8) is 0 Å². The normalized spacial score (nSPS) is 10.6. The van der Waals surface area contributed by atoms with Crippen LogP contribution >= 0.6 is 15.9 Å². The minimum absolute atomic E-state index is 0.764. The van der Waals surface area contributed by atoms with E-state index in [-0.39, 0.29) is 0 Å². The van der Waals surface area contributed by atoms with Gasteiger partial charge >= 0.3 is 0 Å². The molecule has 0 saturated carbocycles. The van der Waals surface area contributed by atoms with Gasteiger partial charge in [0.15, 0.2) is 0 Å². The Labute approximate surface area is 72.5 Å². The molecule has 0 fully saturated rings. The number of rotatable bonds is 0. The number of fused-ring (bicyclic) bond motifs is 1. The van der Waals surface area contributed by atoms with Crippen LogP contribution in [0, 0.1) is 0 Å². The van der Waals surface area contributed by atoms with Crippen molar-refractivity contribution in [2.75, 3.05) is 5.73 Å². The molecule has 0 aliphatic rings. The van der Waals surface area contributed by atoms with Crippen LogP contribution in [0.4, 0.5) is 5.69 Å². The third kappa shape index (κ3) is 0.922. The summed E-state index contributed by atoms with van der Waals surface area (Å²) in [5.74, 6) is 0. The molecule has 0 aliphatic carbocycles. The smallest absolute Gasteiger partial charge is 0.0645 e. The van der Waals surface area contributed by atoms with Crippen LogP contribution in [0.3, 0.4) is 0 Å². The van der Waals surface area contributed by atoms with Gasteiger partial charge in [-0.25, -0.2) is 0 Å². The number of nitrogen functional groups attached to an aromatic ring is 1. The minimum atomic E-state index is 0.764. The fourth-order valence-electron chi connectivity index (χ4n) is 1.11. The molecule has 56 valence electrons. The number of aromatic nitrogens is 1. The third-order valence-corrected chi connectivity index (χ3v) is 2.55. The fraction of sp³-hybridized carbons (Fsp3) is 0. The molecule has 0 radical (unpaired) electrons. The maximum Gasteiger partial charge on any atom is 0.0645 e. The molecule has 1 aromatic heterocycles. The van der Waals surface area contributed by atoms with E-state index in [4.69, 9.17) is 5.73 Å². The highest BCUT2D eigenvalue weighted by molar-refractivity contribution is 9.10. The maximum atomic E-state index is 5.68. The van der Waals surface area contributed by atoms with Gasteiger partial charge in [0.2, 0.25) is 0 Å². The van der Waals surface area contributed by atoms with Crippen molar-refractivity contribution in [1.82, 2.24) is 4.98 Å². The van der Waals surface area contributed by atoms with Crippen LogP contribution in [0.15, 0.2) is 28.9 Å². The van der Waals surface area contributed by atoms with E-state index >= 15 is 0 Å². The molecule has 3 N–H and O–H groups in total. The summed E-state index contributed by atoms with van der Waals surface area (Å²) in [5, 5.41) is 1.17. The molecule has 2 rings (SSSR count). The number of nitrogens with one attached hydrogen (secondary N) is 1. The first-order valence-corrected chi connectivity index (χ1v) is 4.09. The summed E-state index contributed by atoms with van der Waals surface area (Å²) < 4.78 is 0.944. The van der Waals surface area contributed by atoms with E-state index in [1.807, 2.05) is 24.4 Å². The van der Waals surface area contributed by atoms with Crippen molar-refractivity contribution in [2.24, 2.45) is 0 Å². The first kappa shape index (κ1) is 6.73. The summed E-state index contributed by atoms with van der Waals surface area (Å²) in [6.07, 6.45) is 1.90. The zero-order valence-electron chi connectivity index (χ0n) is 5.76. The number of hydrogen-bond acceptors (Lipinski definition) is 1. The molecular weight excluding hydrogens is 204 g/mol. The second-order valence-corrected chi connectivity index (χ2v) is 3.20. The average Bonchev–Trinajstić information content (AvgIpc) is 2.45. The molecule has 1 heterocycles. The van der Waals surface area contributed by atoms with Crippen molar-refractivity contribution in [3.05, 3.63) is 28.9 Å². The van der Waals surface area contributed by atoms with E-state index < -0.39 is 0 Å². The van der Waals surface area contributed by atoms with Gasteiger partial charge in [0, 0.05) is 17.3 Å². The molecule has 2 aromatic rings. The lowest BCUT2D eigenvalue weighted by Gasteiger charge is -1.97. The SMILES string of the molecule is Nc1ccc2cc[nH]c2c1Br. The molecule has 0 amide bonds. The lowest BCUT2D eigenvalue weighted by Crippen LogP contribution is -1.85. The Hall–Kier alpha value is -0.960. The Kier molecular flexibility index (Phi) is 1.39.